The van der Waals surface area contributed by atoms with Gasteiger partial charge in [0.2, 0.25) is 0 Å². The van der Waals surface area contributed by atoms with Gasteiger partial charge < -0.3 is 0 Å². The molecule has 0 aliphatic carbocycles. The third-order valence-corrected chi connectivity index (χ3v) is 16.2. The summed E-state index contributed by atoms with van der Waals surface area (Å²) in [6.45, 7) is 14.1. The maximum atomic E-state index is 2.66. The summed E-state index contributed by atoms with van der Waals surface area (Å²) in [5, 5.41) is 0. The molecule has 0 heterocycles. The molecule has 0 saturated carbocycles. The minimum atomic E-state index is -0.265. The summed E-state index contributed by atoms with van der Waals surface area (Å²) in [5.41, 5.74) is 0. The van der Waals surface area contributed by atoms with Crippen LogP contribution < -0.4 is 0 Å². The predicted octanol–water partition coefficient (Wildman–Crippen LogP) is 4.39. The molecule has 0 bridgehead atoms. The zero-order valence-electron chi connectivity index (χ0n) is 7.68. The third-order valence-electron chi connectivity index (χ3n) is 0.794. The average Bonchev–Trinajstić information content (AvgIpc) is 1.59. The quantitative estimate of drug-likeness (QED) is 0.450. The van der Waals surface area contributed by atoms with Crippen molar-refractivity contribution in [3.8, 4) is 0 Å². The summed E-state index contributed by atoms with van der Waals surface area (Å²) in [6, 6.07) is 0. The molecule has 0 rings (SSSR count). The molecule has 0 atom stereocenters. The molecule has 0 aromatic carbocycles. The van der Waals surface area contributed by atoms with Crippen molar-refractivity contribution in [1.82, 2.24) is 0 Å². The molecule has 0 aliphatic heterocycles. The van der Waals surface area contributed by atoms with Gasteiger partial charge in [-0.3, -0.25) is 0 Å². The number of hydrogen-bond donors (Lipinski definition) is 0. The topological polar surface area (TPSA) is 0 Å². The van der Waals surface area contributed by atoms with E-state index in [-0.39, 0.29) is 14.6 Å². The zero-order chi connectivity index (χ0) is 8.58. The first-order valence-corrected chi connectivity index (χ1v) is 9.31. The third kappa shape index (κ3) is 3.74. The molecule has 0 nitrogen and oxygen atoms in total. The summed E-state index contributed by atoms with van der Waals surface area (Å²) < 4.78 is 1.07. The van der Waals surface area contributed by atoms with Crippen molar-refractivity contribution < 1.29 is 14.6 Å². The van der Waals surface area contributed by atoms with Crippen LogP contribution in [0.3, 0.4) is 0 Å². The second-order valence-corrected chi connectivity index (χ2v) is 13.3. The molecular formula is C8H18AgI. The minimum absolute atomic E-state index is 0.265. The summed E-state index contributed by atoms with van der Waals surface area (Å²) in [5.74, 6) is 0. The van der Waals surface area contributed by atoms with Crippen molar-refractivity contribution in [2.24, 2.45) is 0 Å². The van der Waals surface area contributed by atoms with E-state index in [1.54, 1.807) is 0 Å². The Morgan fingerprint density at radius 3 is 1.00 bits per heavy atom. The van der Waals surface area contributed by atoms with Gasteiger partial charge in [-0.1, -0.05) is 0 Å². The Morgan fingerprint density at radius 2 is 1.00 bits per heavy atom. The van der Waals surface area contributed by atoms with Crippen molar-refractivity contribution in [3.63, 3.8) is 0 Å². The van der Waals surface area contributed by atoms with Crippen LogP contribution in [-0.2, 0) is 14.6 Å². The summed E-state index contributed by atoms with van der Waals surface area (Å²) in [7, 11) is 0. The fourth-order valence-corrected chi connectivity index (χ4v) is 4.01. The van der Waals surface area contributed by atoms with Gasteiger partial charge in [0.25, 0.3) is 0 Å². The molecule has 0 fully saturated rings. The SMILES string of the molecule is C[C](C)(C)[Ag]([I])[C](C)(C)C. The normalized spacial score (nSPS) is 15.3. The van der Waals surface area contributed by atoms with Gasteiger partial charge in [-0.15, -0.1) is 0 Å². The molecule has 0 saturated heterocycles. The van der Waals surface area contributed by atoms with Crippen molar-refractivity contribution in [3.05, 3.63) is 0 Å². The Bertz CT molecular complexity index is 93.4. The molecule has 0 aliphatic rings. The van der Waals surface area contributed by atoms with Crippen LogP contribution in [0.1, 0.15) is 41.5 Å². The molecule has 0 amide bonds. The molecule has 2 heteroatoms. The Morgan fingerprint density at radius 1 is 0.800 bits per heavy atom. The van der Waals surface area contributed by atoms with Gasteiger partial charge in [0.05, 0.1) is 0 Å². The van der Waals surface area contributed by atoms with Gasteiger partial charge >= 0.3 is 82.5 Å². The van der Waals surface area contributed by atoms with Crippen LogP contribution in [0, 0.1) is 0 Å². The van der Waals surface area contributed by atoms with Crippen LogP contribution in [0.5, 0.6) is 0 Å². The molecule has 68 valence electrons. The fourth-order valence-electron chi connectivity index (χ4n) is 0.678. The van der Waals surface area contributed by atoms with E-state index in [9.17, 15) is 0 Å². The summed E-state index contributed by atoms with van der Waals surface area (Å²) >= 11 is 2.39. The van der Waals surface area contributed by atoms with Crippen LogP contribution >= 0.6 is 19.0 Å². The molecule has 0 radical (unpaired) electrons. The standard InChI is InChI=1S/2C4H9.Ag.HI/c2*1-4(2)3;;/h2*1-3H3;;1H/q;;+1;/p-1. The molecule has 0 aromatic rings. The predicted molar refractivity (Wildman–Crippen MR) is 53.5 cm³/mol. The van der Waals surface area contributed by atoms with Gasteiger partial charge in [-0.05, 0) is 0 Å². The van der Waals surface area contributed by atoms with E-state index in [1.807, 2.05) is 0 Å². The Balaban J connectivity index is 4.23. The maximum absolute atomic E-state index is 2.66. The molecule has 0 aromatic heterocycles. The second kappa shape index (κ2) is 3.46. The van der Waals surface area contributed by atoms with Crippen LogP contribution in [-0.4, -0.2) is 0 Å². The van der Waals surface area contributed by atoms with Crippen molar-refractivity contribution >= 4 is 19.0 Å². The van der Waals surface area contributed by atoms with E-state index in [0.717, 1.165) is 0 Å². The van der Waals surface area contributed by atoms with Gasteiger partial charge in [0.15, 0.2) is 0 Å². The van der Waals surface area contributed by atoms with Gasteiger partial charge in [0.1, 0.15) is 0 Å². The van der Waals surface area contributed by atoms with E-state index in [1.165, 1.54) is 0 Å². The average molecular weight is 349 g/mol. The van der Waals surface area contributed by atoms with Crippen LogP contribution in [0.4, 0.5) is 0 Å². The van der Waals surface area contributed by atoms with Crippen molar-refractivity contribution in [2.45, 2.75) is 48.8 Å². The van der Waals surface area contributed by atoms with E-state index in [2.05, 4.69) is 60.6 Å². The monoisotopic (exact) mass is 348 g/mol. The van der Waals surface area contributed by atoms with Crippen molar-refractivity contribution in [1.29, 1.82) is 0 Å². The first-order chi connectivity index (χ1) is 4.15. The van der Waals surface area contributed by atoms with Crippen LogP contribution in [0.2, 0.25) is 7.27 Å². The van der Waals surface area contributed by atoms with E-state index >= 15 is 0 Å². The van der Waals surface area contributed by atoms with E-state index in [4.69, 9.17) is 0 Å². The molecule has 10 heavy (non-hydrogen) atoms. The van der Waals surface area contributed by atoms with Crippen LogP contribution in [0.15, 0.2) is 0 Å². The first kappa shape index (κ1) is 11.5. The van der Waals surface area contributed by atoms with Gasteiger partial charge in [0, 0.05) is 0 Å². The van der Waals surface area contributed by atoms with Gasteiger partial charge in [-0.25, -0.2) is 0 Å². The number of rotatable bonds is 0. The zero-order valence-corrected chi connectivity index (χ0v) is 11.3. The molecular weight excluding hydrogens is 331 g/mol. The molecule has 0 unspecified atom stereocenters. The first-order valence-electron chi connectivity index (χ1n) is 3.42. The van der Waals surface area contributed by atoms with E-state index in [0.29, 0.717) is 7.27 Å². The Kier molecular flexibility index (Phi) is 3.97. The Labute approximate surface area is 81.8 Å². The number of hydrogen-bond acceptors (Lipinski definition) is 0. The fraction of sp³-hybridized carbons (Fsp3) is 1.00. The Hall–Kier alpha value is 1.47. The van der Waals surface area contributed by atoms with E-state index < -0.39 is 0 Å². The summed E-state index contributed by atoms with van der Waals surface area (Å²) in [4.78, 5) is 0. The molecule has 0 spiro atoms. The number of halogens is 1. The second-order valence-electron chi connectivity index (χ2n) is 4.09. The molecule has 0 N–H and O–H groups in total. The van der Waals surface area contributed by atoms with Crippen LogP contribution in [0.25, 0.3) is 0 Å². The van der Waals surface area contributed by atoms with Gasteiger partial charge in [-0.2, -0.15) is 0 Å². The summed E-state index contributed by atoms with van der Waals surface area (Å²) in [6.07, 6.45) is 0. The van der Waals surface area contributed by atoms with Crippen molar-refractivity contribution in [2.75, 3.05) is 0 Å².